The van der Waals surface area contributed by atoms with Crippen LogP contribution in [0.15, 0.2) is 40.5 Å². The zero-order chi connectivity index (χ0) is 12.0. The Hall–Kier alpha value is -0.880. The first-order chi connectivity index (χ1) is 7.65. The molecule has 0 spiro atoms. The average molecular weight is 332 g/mol. The van der Waals surface area contributed by atoms with Crippen LogP contribution in [0.4, 0.5) is 0 Å². The number of hydrogen-bond acceptors (Lipinski definition) is 3. The molecule has 0 fully saturated rings. The molecule has 4 heteroatoms. The van der Waals surface area contributed by atoms with E-state index in [9.17, 15) is 4.79 Å². The van der Waals surface area contributed by atoms with Crippen LogP contribution in [0.5, 0.6) is 0 Å². The second kappa shape index (κ2) is 6.65. The van der Waals surface area contributed by atoms with Crippen molar-refractivity contribution >= 4 is 28.6 Å². The van der Waals surface area contributed by atoms with Gasteiger partial charge in [0.15, 0.2) is 0 Å². The van der Waals surface area contributed by atoms with E-state index in [1.165, 1.54) is 0 Å². The third-order valence-electron chi connectivity index (χ3n) is 2.09. The van der Waals surface area contributed by atoms with Gasteiger partial charge < -0.3 is 9.84 Å². The number of rotatable bonds is 5. The topological polar surface area (TPSA) is 46.5 Å². The van der Waals surface area contributed by atoms with E-state index < -0.39 is 0 Å². The first-order valence-corrected chi connectivity index (χ1v) is 5.90. The monoisotopic (exact) mass is 332 g/mol. The molecule has 86 valence electrons. The van der Waals surface area contributed by atoms with Crippen LogP contribution in [0.2, 0.25) is 0 Å². The summed E-state index contributed by atoms with van der Waals surface area (Å²) in [6, 6.07) is 8.76. The standard InChI is InChI=1S/C12H13IO3/c1-9(13)11(7-14)8-16-12(15)10-5-3-2-4-6-10/h2-6,11,14H,1,7-8H2. The predicted octanol–water partition coefficient (Wildman–Crippen LogP) is 2.40. The summed E-state index contributed by atoms with van der Waals surface area (Å²) in [7, 11) is 0. The van der Waals surface area contributed by atoms with Crippen LogP contribution in [-0.4, -0.2) is 24.3 Å². The van der Waals surface area contributed by atoms with Crippen LogP contribution in [0.25, 0.3) is 0 Å². The van der Waals surface area contributed by atoms with E-state index in [1.54, 1.807) is 24.3 Å². The molecule has 0 bridgehead atoms. The second-order valence-electron chi connectivity index (χ2n) is 3.29. The Morgan fingerprint density at radius 3 is 2.56 bits per heavy atom. The van der Waals surface area contributed by atoms with Gasteiger partial charge in [0.05, 0.1) is 12.2 Å². The van der Waals surface area contributed by atoms with Crippen molar-refractivity contribution in [2.75, 3.05) is 13.2 Å². The summed E-state index contributed by atoms with van der Waals surface area (Å²) in [6.07, 6.45) is 0. The van der Waals surface area contributed by atoms with Crippen LogP contribution in [0, 0.1) is 5.92 Å². The summed E-state index contributed by atoms with van der Waals surface area (Å²) in [6.45, 7) is 3.81. The fourth-order valence-electron chi connectivity index (χ4n) is 1.08. The van der Waals surface area contributed by atoms with Gasteiger partial charge in [-0.05, 0) is 38.3 Å². The van der Waals surface area contributed by atoms with Crippen LogP contribution in [0.3, 0.4) is 0 Å². The molecule has 16 heavy (non-hydrogen) atoms. The van der Waals surface area contributed by atoms with Gasteiger partial charge >= 0.3 is 5.97 Å². The SMILES string of the molecule is C=C(I)C(CO)COC(=O)c1ccccc1. The van der Waals surface area contributed by atoms with Gasteiger partial charge in [0, 0.05) is 5.92 Å². The lowest BCUT2D eigenvalue weighted by atomic mass is 10.2. The largest absolute Gasteiger partial charge is 0.461 e. The van der Waals surface area contributed by atoms with Crippen molar-refractivity contribution in [3.63, 3.8) is 0 Å². The first-order valence-electron chi connectivity index (χ1n) is 4.82. The van der Waals surface area contributed by atoms with Crippen LogP contribution < -0.4 is 0 Å². The Morgan fingerprint density at radius 1 is 1.44 bits per heavy atom. The summed E-state index contributed by atoms with van der Waals surface area (Å²) in [5.74, 6) is -0.579. The van der Waals surface area contributed by atoms with E-state index in [-0.39, 0.29) is 25.1 Å². The van der Waals surface area contributed by atoms with Crippen molar-refractivity contribution in [3.05, 3.63) is 46.1 Å². The fourth-order valence-corrected chi connectivity index (χ4v) is 1.45. The zero-order valence-corrected chi connectivity index (χ0v) is 10.9. The van der Waals surface area contributed by atoms with E-state index >= 15 is 0 Å². The number of benzene rings is 1. The molecule has 0 aliphatic rings. The van der Waals surface area contributed by atoms with Crippen LogP contribution in [-0.2, 0) is 4.74 Å². The summed E-state index contributed by atoms with van der Waals surface area (Å²) in [5, 5.41) is 9.02. The molecule has 0 saturated carbocycles. The summed E-state index contributed by atoms with van der Waals surface area (Å²) >= 11 is 2.02. The third kappa shape index (κ3) is 3.94. The maximum atomic E-state index is 11.6. The summed E-state index contributed by atoms with van der Waals surface area (Å²) in [4.78, 5) is 11.6. The van der Waals surface area contributed by atoms with Crippen molar-refractivity contribution < 1.29 is 14.6 Å². The molecule has 1 aromatic rings. The number of carbonyl (C=O) groups is 1. The fraction of sp³-hybridized carbons (Fsp3) is 0.250. The molecular weight excluding hydrogens is 319 g/mol. The lowest BCUT2D eigenvalue weighted by Crippen LogP contribution is -2.17. The first kappa shape index (κ1) is 13.2. The van der Waals surface area contributed by atoms with Crippen molar-refractivity contribution in [1.82, 2.24) is 0 Å². The number of hydrogen-bond donors (Lipinski definition) is 1. The van der Waals surface area contributed by atoms with E-state index in [0.29, 0.717) is 5.56 Å². The molecule has 0 aromatic heterocycles. The second-order valence-corrected chi connectivity index (χ2v) is 4.68. The Morgan fingerprint density at radius 2 is 2.06 bits per heavy atom. The Bertz CT molecular complexity index is 362. The van der Waals surface area contributed by atoms with Gasteiger partial charge in [-0.2, -0.15) is 0 Å². The molecule has 1 unspecified atom stereocenters. The Labute approximate surface area is 108 Å². The van der Waals surface area contributed by atoms with Gasteiger partial charge in [0.1, 0.15) is 6.61 Å². The van der Waals surface area contributed by atoms with Gasteiger partial charge in [-0.25, -0.2) is 4.79 Å². The number of esters is 1. The molecule has 0 aliphatic heterocycles. The molecule has 1 N–H and O–H groups in total. The summed E-state index contributed by atoms with van der Waals surface area (Å²) in [5.41, 5.74) is 0.512. The number of halogens is 1. The minimum absolute atomic E-state index is 0.0656. The lowest BCUT2D eigenvalue weighted by molar-refractivity contribution is 0.0428. The lowest BCUT2D eigenvalue weighted by Gasteiger charge is -2.12. The van der Waals surface area contributed by atoms with E-state index in [2.05, 4.69) is 6.58 Å². The summed E-state index contributed by atoms with van der Waals surface area (Å²) < 4.78 is 5.86. The van der Waals surface area contributed by atoms with E-state index in [4.69, 9.17) is 9.84 Å². The number of ether oxygens (including phenoxy) is 1. The highest BCUT2D eigenvalue weighted by Crippen LogP contribution is 2.16. The molecule has 0 aliphatic carbocycles. The van der Waals surface area contributed by atoms with E-state index in [0.717, 1.165) is 3.58 Å². The normalized spacial score (nSPS) is 11.9. The molecule has 1 aromatic carbocycles. The molecule has 0 heterocycles. The van der Waals surface area contributed by atoms with E-state index in [1.807, 2.05) is 28.7 Å². The molecule has 1 rings (SSSR count). The third-order valence-corrected chi connectivity index (χ3v) is 2.97. The number of carbonyl (C=O) groups excluding carboxylic acids is 1. The molecule has 3 nitrogen and oxygen atoms in total. The number of aliphatic hydroxyl groups is 1. The zero-order valence-electron chi connectivity index (χ0n) is 8.73. The van der Waals surface area contributed by atoms with Crippen LogP contribution >= 0.6 is 22.6 Å². The highest BCUT2D eigenvalue weighted by atomic mass is 127. The van der Waals surface area contributed by atoms with Gasteiger partial charge in [-0.3, -0.25) is 0 Å². The molecule has 0 amide bonds. The van der Waals surface area contributed by atoms with Crippen molar-refractivity contribution in [1.29, 1.82) is 0 Å². The molecule has 1 atom stereocenters. The highest BCUT2D eigenvalue weighted by Gasteiger charge is 2.13. The highest BCUT2D eigenvalue weighted by molar-refractivity contribution is 14.1. The minimum atomic E-state index is -0.378. The van der Waals surface area contributed by atoms with Crippen molar-refractivity contribution in [2.24, 2.45) is 5.92 Å². The van der Waals surface area contributed by atoms with Gasteiger partial charge in [0.2, 0.25) is 0 Å². The van der Waals surface area contributed by atoms with Crippen molar-refractivity contribution in [3.8, 4) is 0 Å². The molecule has 0 radical (unpaired) electrons. The Kier molecular flexibility index (Phi) is 5.48. The van der Waals surface area contributed by atoms with Gasteiger partial charge in [-0.1, -0.05) is 24.8 Å². The quantitative estimate of drug-likeness (QED) is 0.665. The van der Waals surface area contributed by atoms with Crippen molar-refractivity contribution in [2.45, 2.75) is 0 Å². The smallest absolute Gasteiger partial charge is 0.338 e. The molecule has 0 saturated heterocycles. The van der Waals surface area contributed by atoms with Gasteiger partial charge in [0.25, 0.3) is 0 Å². The van der Waals surface area contributed by atoms with Gasteiger partial charge in [-0.15, -0.1) is 0 Å². The maximum Gasteiger partial charge on any atom is 0.338 e. The predicted molar refractivity (Wildman–Crippen MR) is 70.5 cm³/mol. The maximum absolute atomic E-state index is 11.6. The molecular formula is C12H13IO3. The minimum Gasteiger partial charge on any atom is -0.461 e. The number of aliphatic hydroxyl groups excluding tert-OH is 1. The van der Waals surface area contributed by atoms with Crippen LogP contribution in [0.1, 0.15) is 10.4 Å². The Balaban J connectivity index is 2.50. The average Bonchev–Trinajstić information content (AvgIpc) is 2.30.